The summed E-state index contributed by atoms with van der Waals surface area (Å²) >= 11 is 5.84. The van der Waals surface area contributed by atoms with Crippen LogP contribution in [0.2, 0.25) is 5.02 Å². The van der Waals surface area contributed by atoms with Gasteiger partial charge in [-0.15, -0.1) is 0 Å². The Bertz CT molecular complexity index is 741. The fraction of sp³-hybridized carbons (Fsp3) is 0.143. The van der Waals surface area contributed by atoms with Crippen LogP contribution in [-0.4, -0.2) is 10.7 Å². The number of hydrogen-bond acceptors (Lipinski definition) is 3. The van der Waals surface area contributed by atoms with E-state index in [4.69, 9.17) is 22.1 Å². The van der Waals surface area contributed by atoms with Crippen molar-refractivity contribution in [3.63, 3.8) is 0 Å². The van der Waals surface area contributed by atoms with Gasteiger partial charge in [0.25, 0.3) is 5.56 Å². The summed E-state index contributed by atoms with van der Waals surface area (Å²) in [7, 11) is 0. The molecule has 0 saturated carbocycles. The zero-order chi connectivity index (χ0) is 15.6. The first-order chi connectivity index (χ1) is 9.93. The number of nitrogens with zero attached hydrogens (tertiary/aromatic N) is 1. The topological polar surface area (TPSA) is 74.3 Å². The molecule has 0 aliphatic carbocycles. The first-order valence-electron chi connectivity index (χ1n) is 6.10. The fourth-order valence-corrected chi connectivity index (χ4v) is 2.20. The Hall–Kier alpha value is -2.34. The van der Waals surface area contributed by atoms with E-state index in [2.05, 4.69) is 0 Å². The number of pyridine rings is 1. The minimum atomic E-state index is -1.03. The molecule has 0 unspecified atom stereocenters. The third-order valence-corrected chi connectivity index (χ3v) is 3.13. The summed E-state index contributed by atoms with van der Waals surface area (Å²) in [5.74, 6) is -0.379. The molecule has 2 aromatic rings. The molecule has 0 bridgehead atoms. The number of hydrogen-bond donors (Lipinski definition) is 1. The molecule has 0 spiro atoms. The summed E-state index contributed by atoms with van der Waals surface area (Å²) in [5, 5.41) is -0.0982. The van der Waals surface area contributed by atoms with Gasteiger partial charge < -0.3 is 15.0 Å². The maximum atomic E-state index is 13.0. The Morgan fingerprint density at radius 2 is 2.00 bits per heavy atom. The van der Waals surface area contributed by atoms with Crippen molar-refractivity contribution in [1.82, 2.24) is 4.57 Å². The van der Waals surface area contributed by atoms with Crippen molar-refractivity contribution in [2.75, 3.05) is 0 Å². The molecule has 2 rings (SSSR count). The minimum absolute atomic E-state index is 0.0422. The highest BCUT2D eigenvalue weighted by molar-refractivity contribution is 6.30. The highest BCUT2D eigenvalue weighted by atomic mass is 35.5. The molecule has 0 aliphatic rings. The number of rotatable bonds is 3. The van der Waals surface area contributed by atoms with E-state index in [1.165, 1.54) is 34.9 Å². The maximum Gasteiger partial charge on any atom is 0.410 e. The van der Waals surface area contributed by atoms with Crippen molar-refractivity contribution in [2.45, 2.75) is 13.5 Å². The standard InChI is InChI=1S/C14H12ClFN2O3/c1-2-18-12(8-3-5-9(16)6-4-8)11(21-14(17)20)7-10(15)13(18)19/h3-7H,2H2,1H3,(H2,17,20). The van der Waals surface area contributed by atoms with Crippen LogP contribution in [0.5, 0.6) is 5.75 Å². The predicted octanol–water partition coefficient (Wildman–Crippen LogP) is 2.79. The summed E-state index contributed by atoms with van der Waals surface area (Å²) in [4.78, 5) is 23.1. The largest absolute Gasteiger partial charge is 0.410 e. The van der Waals surface area contributed by atoms with Crippen molar-refractivity contribution in [3.8, 4) is 17.0 Å². The molecular weight excluding hydrogens is 299 g/mol. The van der Waals surface area contributed by atoms with E-state index >= 15 is 0 Å². The normalized spacial score (nSPS) is 10.4. The van der Waals surface area contributed by atoms with Crippen molar-refractivity contribution in [1.29, 1.82) is 0 Å². The monoisotopic (exact) mass is 310 g/mol. The number of nitrogens with two attached hydrogens (primary N) is 1. The molecule has 0 aliphatic heterocycles. The Labute approximate surface area is 124 Å². The van der Waals surface area contributed by atoms with Gasteiger partial charge in [0.05, 0.1) is 5.69 Å². The third-order valence-electron chi connectivity index (χ3n) is 2.86. The van der Waals surface area contributed by atoms with Crippen molar-refractivity contribution in [3.05, 3.63) is 51.5 Å². The van der Waals surface area contributed by atoms with E-state index in [0.29, 0.717) is 17.8 Å². The molecule has 21 heavy (non-hydrogen) atoms. The molecular formula is C14H12ClFN2O3. The lowest BCUT2D eigenvalue weighted by Crippen LogP contribution is -2.24. The number of carbonyl (C=O) groups excluding carboxylic acids is 1. The zero-order valence-electron chi connectivity index (χ0n) is 11.1. The molecule has 0 radical (unpaired) electrons. The average molecular weight is 311 g/mol. The first kappa shape index (κ1) is 15.1. The number of amides is 1. The lowest BCUT2D eigenvalue weighted by atomic mass is 10.1. The number of primary amides is 1. The number of benzene rings is 1. The predicted molar refractivity (Wildman–Crippen MR) is 77.0 cm³/mol. The average Bonchev–Trinajstić information content (AvgIpc) is 2.43. The van der Waals surface area contributed by atoms with Gasteiger partial charge in [-0.05, 0) is 31.2 Å². The molecule has 0 fully saturated rings. The summed E-state index contributed by atoms with van der Waals surface area (Å²) in [6.45, 7) is 2.03. The lowest BCUT2D eigenvalue weighted by molar-refractivity contribution is 0.210. The lowest BCUT2D eigenvalue weighted by Gasteiger charge is -2.16. The maximum absolute atomic E-state index is 13.0. The van der Waals surface area contributed by atoms with Crippen molar-refractivity contribution >= 4 is 17.7 Å². The van der Waals surface area contributed by atoms with E-state index < -0.39 is 17.5 Å². The fourth-order valence-electron chi connectivity index (χ4n) is 2.00. The van der Waals surface area contributed by atoms with E-state index in [-0.39, 0.29) is 10.8 Å². The smallest absolute Gasteiger partial charge is 0.408 e. The second kappa shape index (κ2) is 5.97. The molecule has 1 aromatic heterocycles. The molecule has 7 heteroatoms. The number of aromatic nitrogens is 1. The number of carbonyl (C=O) groups is 1. The Balaban J connectivity index is 2.76. The van der Waals surface area contributed by atoms with Gasteiger partial charge >= 0.3 is 6.09 Å². The molecule has 1 aromatic carbocycles. The van der Waals surface area contributed by atoms with Crippen LogP contribution < -0.4 is 16.0 Å². The summed E-state index contributed by atoms with van der Waals surface area (Å²) < 4.78 is 19.3. The summed E-state index contributed by atoms with van der Waals surface area (Å²) in [6, 6.07) is 6.64. The molecule has 1 amide bonds. The Morgan fingerprint density at radius 1 is 1.38 bits per heavy atom. The third kappa shape index (κ3) is 3.05. The van der Waals surface area contributed by atoms with Crippen LogP contribution in [0.15, 0.2) is 35.1 Å². The second-order valence-electron chi connectivity index (χ2n) is 4.18. The molecule has 2 N–H and O–H groups in total. The van der Waals surface area contributed by atoms with Gasteiger partial charge in [-0.1, -0.05) is 11.6 Å². The van der Waals surface area contributed by atoms with E-state index in [0.717, 1.165) is 0 Å². The van der Waals surface area contributed by atoms with E-state index in [1.807, 2.05) is 0 Å². The molecule has 0 atom stereocenters. The van der Waals surface area contributed by atoms with Gasteiger partial charge in [0.2, 0.25) is 0 Å². The van der Waals surface area contributed by atoms with Gasteiger partial charge in [0, 0.05) is 18.2 Å². The molecule has 5 nitrogen and oxygen atoms in total. The van der Waals surface area contributed by atoms with Gasteiger partial charge in [-0.3, -0.25) is 4.79 Å². The van der Waals surface area contributed by atoms with E-state index in [1.54, 1.807) is 6.92 Å². The SMILES string of the molecule is CCn1c(-c2ccc(F)cc2)c(OC(N)=O)cc(Cl)c1=O. The van der Waals surface area contributed by atoms with E-state index in [9.17, 15) is 14.0 Å². The molecule has 0 saturated heterocycles. The Morgan fingerprint density at radius 3 is 2.52 bits per heavy atom. The van der Waals surface area contributed by atoms with Crippen molar-refractivity contribution < 1.29 is 13.9 Å². The van der Waals surface area contributed by atoms with Crippen LogP contribution >= 0.6 is 11.6 Å². The van der Waals surface area contributed by atoms with Gasteiger partial charge in [0.1, 0.15) is 10.8 Å². The first-order valence-corrected chi connectivity index (χ1v) is 6.48. The second-order valence-corrected chi connectivity index (χ2v) is 4.59. The van der Waals surface area contributed by atoms with Crippen LogP contribution in [0.3, 0.4) is 0 Å². The van der Waals surface area contributed by atoms with Gasteiger partial charge in [0.15, 0.2) is 5.75 Å². The summed E-state index contributed by atoms with van der Waals surface area (Å²) in [6.07, 6.45) is -1.03. The van der Waals surface area contributed by atoms with Gasteiger partial charge in [-0.2, -0.15) is 0 Å². The molecule has 110 valence electrons. The van der Waals surface area contributed by atoms with Crippen LogP contribution in [0.25, 0.3) is 11.3 Å². The van der Waals surface area contributed by atoms with Crippen LogP contribution in [0, 0.1) is 5.82 Å². The summed E-state index contributed by atoms with van der Waals surface area (Å²) in [5.41, 5.74) is 5.40. The van der Waals surface area contributed by atoms with Gasteiger partial charge in [-0.25, -0.2) is 9.18 Å². The molecule has 1 heterocycles. The quantitative estimate of drug-likeness (QED) is 0.947. The van der Waals surface area contributed by atoms with Crippen LogP contribution in [-0.2, 0) is 6.54 Å². The van der Waals surface area contributed by atoms with Crippen molar-refractivity contribution in [2.24, 2.45) is 5.73 Å². The number of halogens is 2. The minimum Gasteiger partial charge on any atom is -0.408 e. The zero-order valence-corrected chi connectivity index (χ0v) is 11.9. The Kier molecular flexibility index (Phi) is 4.28. The van der Waals surface area contributed by atoms with Crippen LogP contribution in [0.1, 0.15) is 6.92 Å². The highest BCUT2D eigenvalue weighted by Crippen LogP contribution is 2.31. The highest BCUT2D eigenvalue weighted by Gasteiger charge is 2.17. The number of ether oxygens (including phenoxy) is 1. The van der Waals surface area contributed by atoms with Crippen LogP contribution in [0.4, 0.5) is 9.18 Å².